The molecule has 0 saturated carbocycles. The Morgan fingerprint density at radius 2 is 0.830 bits per heavy atom. The molecule has 0 bridgehead atoms. The minimum atomic E-state index is -0.306. The molecular weight excluding hydrogens is 578 g/mol. The Morgan fingerprint density at radius 3 is 1.26 bits per heavy atom. The molecule has 0 atom stereocenters. The van der Waals surface area contributed by atoms with Gasteiger partial charge in [0.25, 0.3) is 0 Å². The van der Waals surface area contributed by atoms with E-state index in [9.17, 15) is 0 Å². The fraction of sp³-hybridized carbons (Fsp3) is 0.150. The van der Waals surface area contributed by atoms with Gasteiger partial charge in [0, 0.05) is 30.9 Å². The van der Waals surface area contributed by atoms with E-state index in [2.05, 4.69) is 177 Å². The van der Waals surface area contributed by atoms with Crippen LogP contribution in [0.3, 0.4) is 0 Å². The van der Waals surface area contributed by atoms with Crippen LogP contribution in [-0.4, -0.2) is 18.7 Å². The van der Waals surface area contributed by atoms with E-state index in [1.54, 1.807) is 0 Å². The second-order valence-electron chi connectivity index (χ2n) is 14.6. The van der Waals surface area contributed by atoms with Gasteiger partial charge in [0.15, 0.2) is 0 Å². The van der Waals surface area contributed by atoms with Crippen LogP contribution in [0.15, 0.2) is 122 Å². The molecule has 7 heteroatoms. The van der Waals surface area contributed by atoms with Gasteiger partial charge in [-0.2, -0.15) is 9.13 Å². The summed E-state index contributed by atoms with van der Waals surface area (Å²) in [6.45, 7) is 9.65. The highest BCUT2D eigenvalue weighted by molar-refractivity contribution is 6.03. The Morgan fingerprint density at radius 1 is 0.447 bits per heavy atom. The van der Waals surface area contributed by atoms with E-state index in [-0.39, 0.29) is 10.8 Å². The topological polar surface area (TPSA) is 27.5 Å². The Hall–Kier alpha value is -5.66. The Labute approximate surface area is 271 Å². The second-order valence-corrected chi connectivity index (χ2v) is 14.6. The molecule has 8 aromatic rings. The Balaban J connectivity index is 1.41. The van der Waals surface area contributed by atoms with Crippen LogP contribution in [0.2, 0.25) is 0 Å². The lowest BCUT2D eigenvalue weighted by Gasteiger charge is -2.39. The summed E-state index contributed by atoms with van der Waals surface area (Å²) in [7, 11) is 0. The summed E-state index contributed by atoms with van der Waals surface area (Å²) in [6, 6.07) is 39.9. The summed E-state index contributed by atoms with van der Waals surface area (Å²) in [4.78, 5) is 0.376. The molecular formula is C40H32N7+3. The average Bonchev–Trinajstić information content (AvgIpc) is 3.90. The normalized spacial score (nSPS) is 17.4. The predicted molar refractivity (Wildman–Crippen MR) is 182 cm³/mol. The zero-order chi connectivity index (χ0) is 31.2. The first kappa shape index (κ1) is 24.6. The summed E-state index contributed by atoms with van der Waals surface area (Å²) < 4.78 is 15.5. The second kappa shape index (κ2) is 7.32. The molecule has 4 aromatic carbocycles. The predicted octanol–water partition coefficient (Wildman–Crippen LogP) is 6.82. The summed E-state index contributed by atoms with van der Waals surface area (Å²) in [6.07, 6.45) is 4.82. The zero-order valence-corrected chi connectivity index (χ0v) is 26.7. The van der Waals surface area contributed by atoms with Crippen molar-refractivity contribution in [1.29, 1.82) is 0 Å². The Kier molecular flexibility index (Phi) is 3.83. The highest BCUT2D eigenvalue weighted by Crippen LogP contribution is 2.60. The van der Waals surface area contributed by atoms with Crippen molar-refractivity contribution < 1.29 is 9.13 Å². The van der Waals surface area contributed by atoms with Gasteiger partial charge in [-0.3, -0.25) is 0 Å². The molecule has 0 amide bonds. The smallest absolute Gasteiger partial charge is 0.189 e. The fourth-order valence-electron chi connectivity index (χ4n) is 9.73. The lowest BCUT2D eigenvalue weighted by Crippen LogP contribution is -2.71. The molecule has 0 aliphatic carbocycles. The van der Waals surface area contributed by atoms with Gasteiger partial charge in [-0.25, -0.2) is 0 Å². The van der Waals surface area contributed by atoms with Crippen LogP contribution in [0.5, 0.6) is 0 Å². The first-order valence-electron chi connectivity index (χ1n) is 16.6. The first-order chi connectivity index (χ1) is 22.9. The van der Waals surface area contributed by atoms with E-state index >= 15 is 0 Å². The van der Waals surface area contributed by atoms with E-state index in [0.717, 1.165) is 0 Å². The van der Waals surface area contributed by atoms with Crippen LogP contribution in [0.1, 0.15) is 50.5 Å². The third-order valence-electron chi connectivity index (χ3n) is 11.6. The number of imidazole rings is 2. The van der Waals surface area contributed by atoms with E-state index in [1.807, 2.05) is 0 Å². The van der Waals surface area contributed by atoms with Gasteiger partial charge in [0.1, 0.15) is 40.6 Å². The third-order valence-corrected chi connectivity index (χ3v) is 11.6. The van der Waals surface area contributed by atoms with Crippen LogP contribution in [-0.2, 0) is 10.8 Å². The highest BCUT2D eigenvalue weighted by Gasteiger charge is 2.78. The monoisotopic (exact) mass is 610 g/mol. The molecule has 1 spiro atoms. The molecule has 7 nitrogen and oxygen atoms in total. The van der Waals surface area contributed by atoms with Crippen molar-refractivity contribution in [3.05, 3.63) is 144 Å². The third kappa shape index (κ3) is 2.31. The molecule has 12 rings (SSSR count). The lowest BCUT2D eigenvalue weighted by atomic mass is 9.81. The lowest BCUT2D eigenvalue weighted by molar-refractivity contribution is -0.584. The summed E-state index contributed by atoms with van der Waals surface area (Å²) in [5.41, 5.74) is 9.49. The number of quaternary nitrogens is 1. The number of benzene rings is 4. The van der Waals surface area contributed by atoms with Gasteiger partial charge < -0.3 is 0 Å². The number of para-hydroxylation sites is 2. The molecule has 0 radical (unpaired) electrons. The highest BCUT2D eigenvalue weighted by atomic mass is 16.2. The van der Waals surface area contributed by atoms with Crippen molar-refractivity contribution in [2.24, 2.45) is 0 Å². The molecule has 0 fully saturated rings. The van der Waals surface area contributed by atoms with Crippen LogP contribution in [0.25, 0.3) is 56.0 Å². The van der Waals surface area contributed by atoms with E-state index in [0.29, 0.717) is 4.92 Å². The molecule has 47 heavy (non-hydrogen) atoms. The van der Waals surface area contributed by atoms with E-state index < -0.39 is 0 Å². The van der Waals surface area contributed by atoms with Crippen molar-refractivity contribution >= 4 is 21.5 Å². The quantitative estimate of drug-likeness (QED) is 0.152. The molecule has 0 saturated heterocycles. The molecule has 0 N–H and O–H groups in total. The largest absolute Gasteiger partial charge is 0.377 e. The number of nitrogens with zero attached hydrogens (tertiary/aromatic N) is 7. The summed E-state index contributed by atoms with van der Waals surface area (Å²) in [5.74, 6) is 2.40. The molecule has 4 aromatic heterocycles. The van der Waals surface area contributed by atoms with Gasteiger partial charge in [-0.15, -0.1) is 0 Å². The van der Waals surface area contributed by atoms with Gasteiger partial charge in [0.05, 0.1) is 5.41 Å². The Bertz CT molecular complexity index is 2540. The maximum absolute atomic E-state index is 2.67. The zero-order valence-electron chi connectivity index (χ0n) is 26.7. The van der Waals surface area contributed by atoms with E-state index in [1.165, 1.54) is 78.7 Å². The minimum absolute atomic E-state index is 0.296. The molecule has 224 valence electrons. The number of hydrogen-bond acceptors (Lipinski definition) is 0. The number of rotatable bonds is 2. The maximum atomic E-state index is 2.67. The van der Waals surface area contributed by atoms with Crippen molar-refractivity contribution in [2.75, 3.05) is 0 Å². The number of fused-ring (bicyclic) bond motifs is 8. The van der Waals surface area contributed by atoms with Gasteiger partial charge in [-0.1, -0.05) is 94.3 Å². The molecule has 4 aliphatic heterocycles. The van der Waals surface area contributed by atoms with Crippen molar-refractivity contribution in [1.82, 2.24) is 23.6 Å². The van der Waals surface area contributed by atoms with Gasteiger partial charge in [0.2, 0.25) is 27.7 Å². The van der Waals surface area contributed by atoms with E-state index in [4.69, 9.17) is 0 Å². The van der Waals surface area contributed by atoms with Crippen molar-refractivity contribution in [3.63, 3.8) is 0 Å². The molecule has 4 aliphatic rings. The first-order valence-corrected chi connectivity index (χ1v) is 16.6. The fourth-order valence-corrected chi connectivity index (χ4v) is 9.73. The van der Waals surface area contributed by atoms with Gasteiger partial charge >= 0.3 is 11.6 Å². The molecule has 0 unspecified atom stereocenters. The minimum Gasteiger partial charge on any atom is -0.189 e. The molecule has 8 heterocycles. The summed E-state index contributed by atoms with van der Waals surface area (Å²) >= 11 is 0. The van der Waals surface area contributed by atoms with Crippen molar-refractivity contribution in [2.45, 2.75) is 38.5 Å². The number of hydrogen-bond donors (Lipinski definition) is 0. The van der Waals surface area contributed by atoms with Crippen LogP contribution >= 0.6 is 0 Å². The number of aromatic nitrogens is 6. The maximum Gasteiger partial charge on any atom is 0.377 e. The average molecular weight is 611 g/mol. The summed E-state index contributed by atoms with van der Waals surface area (Å²) in [5, 5.41) is 5.20. The van der Waals surface area contributed by atoms with Crippen LogP contribution < -0.4 is 14.1 Å². The van der Waals surface area contributed by atoms with Crippen molar-refractivity contribution in [3.8, 4) is 34.4 Å². The SMILES string of the molecule is CC1(C)c2c[n+](-c3ccccc3)c3n2[N+]24n5c-3c3ccccc3c5C(C)(C)c3c5ccccc5c(n32)-c2n4c1c[n+]2-c1ccccc1. The van der Waals surface area contributed by atoms with Crippen LogP contribution in [0, 0.1) is 0 Å². The standard InChI is InChI=1S/C40H32N7/c1-39(2)31-23-41(25-15-7-5-8-16-25)37-33-27-19-11-13-21-29(27)35-40(3,4)36-30-22-14-12-20-28(30)34-38-42(26-17-9-6-10-18-26)24-32(39)44(38)47(43(31)37,45(33)35)46(34)36/h5-24H,1-4H3/q+3. The van der Waals surface area contributed by atoms with Gasteiger partial charge in [-0.05, 0) is 52.0 Å². The van der Waals surface area contributed by atoms with Crippen LogP contribution in [0.4, 0.5) is 0 Å².